The third kappa shape index (κ3) is 0.400. The Morgan fingerprint density at radius 1 is 1.88 bits per heavy atom. The molecule has 3 heteroatoms. The van der Waals surface area contributed by atoms with Crippen LogP contribution in [0, 0.1) is 0 Å². The number of hydrogen-bond acceptors (Lipinski definition) is 2. The highest BCUT2D eigenvalue weighted by atomic mass is 32.2. The van der Waals surface area contributed by atoms with Crippen molar-refractivity contribution in [3.63, 3.8) is 0 Å². The molecule has 0 N–H and O–H groups in total. The molecule has 2 nitrogen and oxygen atoms in total. The maximum Gasteiger partial charge on any atom is 0.394 e. The van der Waals surface area contributed by atoms with Crippen molar-refractivity contribution in [2.24, 2.45) is 0 Å². The van der Waals surface area contributed by atoms with Gasteiger partial charge in [-0.25, -0.2) is 4.79 Å². The summed E-state index contributed by atoms with van der Waals surface area (Å²) in [6.07, 6.45) is 0.781. The number of hydrogen-bond donors (Lipinski definition) is 0. The number of rotatable bonds is 0. The normalized spacial score (nSPS) is 33.8. The lowest BCUT2D eigenvalue weighted by Gasteiger charge is -2.12. The summed E-state index contributed by atoms with van der Waals surface area (Å²) in [5.41, 5.74) is 1.93. The molecule has 0 aromatic carbocycles. The maximum atomic E-state index is 10.6. The molecule has 0 aromatic rings. The van der Waals surface area contributed by atoms with Crippen LogP contribution in [-0.2, 0) is 4.79 Å². The zero-order chi connectivity index (χ0) is 5.56. The molecule has 1 fully saturated rings. The van der Waals surface area contributed by atoms with E-state index in [1.54, 1.807) is 11.8 Å². The van der Waals surface area contributed by atoms with Gasteiger partial charge in [0.05, 0.1) is 5.75 Å². The van der Waals surface area contributed by atoms with Gasteiger partial charge in [0, 0.05) is 0 Å². The predicted octanol–water partition coefficient (Wildman–Crippen LogP) is 0.0729. The van der Waals surface area contributed by atoms with E-state index in [0.29, 0.717) is 11.9 Å². The van der Waals surface area contributed by atoms with Crippen LogP contribution in [0.3, 0.4) is 0 Å². The fraction of sp³-hybridized carbons (Fsp3) is 0.600. The van der Waals surface area contributed by atoms with Gasteiger partial charge in [-0.1, -0.05) is 11.8 Å². The van der Waals surface area contributed by atoms with Crippen molar-refractivity contribution in [2.75, 3.05) is 5.75 Å². The van der Waals surface area contributed by atoms with Gasteiger partial charge in [-0.2, -0.15) is 4.58 Å². The molecule has 2 aliphatic heterocycles. The van der Waals surface area contributed by atoms with Gasteiger partial charge >= 0.3 is 5.91 Å². The molecule has 8 heavy (non-hydrogen) atoms. The fourth-order valence-corrected chi connectivity index (χ4v) is 2.05. The Bertz CT molecular complexity index is 175. The van der Waals surface area contributed by atoms with Crippen molar-refractivity contribution >= 4 is 23.2 Å². The van der Waals surface area contributed by atoms with Crippen LogP contribution in [0.5, 0.6) is 0 Å². The van der Waals surface area contributed by atoms with Gasteiger partial charge in [0.25, 0.3) is 0 Å². The van der Waals surface area contributed by atoms with E-state index in [-0.39, 0.29) is 0 Å². The monoisotopic (exact) mass is 128 g/mol. The van der Waals surface area contributed by atoms with Gasteiger partial charge in [0.2, 0.25) is 5.55 Å². The first-order valence-electron chi connectivity index (χ1n) is 2.64. The van der Waals surface area contributed by atoms with Crippen molar-refractivity contribution in [1.29, 1.82) is 0 Å². The van der Waals surface area contributed by atoms with Gasteiger partial charge in [0.1, 0.15) is 6.42 Å². The SMILES string of the molecule is O=C1CC2CSC=[N+]12. The van der Waals surface area contributed by atoms with Gasteiger partial charge in [-0.05, 0) is 0 Å². The number of thioether (sulfide) groups is 1. The van der Waals surface area contributed by atoms with E-state index in [0.717, 1.165) is 12.2 Å². The lowest BCUT2D eigenvalue weighted by Crippen LogP contribution is -2.43. The zero-order valence-electron chi connectivity index (χ0n) is 4.33. The lowest BCUT2D eigenvalue weighted by atomic mass is 10.1. The van der Waals surface area contributed by atoms with Crippen LogP contribution in [0.1, 0.15) is 6.42 Å². The predicted molar refractivity (Wildman–Crippen MR) is 32.2 cm³/mol. The molecule has 0 aliphatic carbocycles. The van der Waals surface area contributed by atoms with Crippen LogP contribution in [0.4, 0.5) is 0 Å². The van der Waals surface area contributed by atoms with E-state index in [1.807, 2.05) is 10.1 Å². The van der Waals surface area contributed by atoms with Crippen LogP contribution >= 0.6 is 11.8 Å². The second-order valence-electron chi connectivity index (χ2n) is 2.10. The van der Waals surface area contributed by atoms with E-state index >= 15 is 0 Å². The molecule has 2 aliphatic rings. The van der Waals surface area contributed by atoms with Gasteiger partial charge in [0.15, 0.2) is 6.04 Å². The molecule has 2 rings (SSSR count). The van der Waals surface area contributed by atoms with Crippen molar-refractivity contribution in [3.8, 4) is 0 Å². The van der Waals surface area contributed by atoms with Crippen LogP contribution < -0.4 is 0 Å². The standard InChI is InChI=1S/C5H6NOS/c7-5-1-4-2-8-3-6(4)5/h3-4H,1-2H2/q+1. The summed E-state index contributed by atoms with van der Waals surface area (Å²) >= 11 is 1.74. The molecule has 0 bridgehead atoms. The maximum absolute atomic E-state index is 10.6. The van der Waals surface area contributed by atoms with Gasteiger partial charge in [-0.3, -0.25) is 0 Å². The molecule has 42 valence electrons. The fourth-order valence-electron chi connectivity index (χ4n) is 1.02. The number of nitrogens with zero attached hydrogens (tertiary/aromatic N) is 1. The lowest BCUT2D eigenvalue weighted by molar-refractivity contribution is -0.516. The number of amides is 1. The van der Waals surface area contributed by atoms with Crippen LogP contribution in [0.2, 0.25) is 0 Å². The highest BCUT2D eigenvalue weighted by molar-refractivity contribution is 8.12. The molecule has 2 heterocycles. The topological polar surface area (TPSA) is 20.1 Å². The number of carbonyl (C=O) groups excluding carboxylic acids is 1. The summed E-state index contributed by atoms with van der Waals surface area (Å²) in [7, 11) is 0. The van der Waals surface area contributed by atoms with E-state index in [1.165, 1.54) is 0 Å². The quantitative estimate of drug-likeness (QED) is 0.340. The Hall–Kier alpha value is -0.310. The summed E-state index contributed by atoms with van der Waals surface area (Å²) in [6, 6.07) is 0.562. The molecular weight excluding hydrogens is 122 g/mol. The first kappa shape index (κ1) is 4.56. The van der Waals surface area contributed by atoms with Crippen LogP contribution in [0.15, 0.2) is 0 Å². The molecule has 0 spiro atoms. The number of fused-ring (bicyclic) bond motifs is 1. The summed E-state index contributed by atoms with van der Waals surface area (Å²) in [4.78, 5) is 10.6. The molecule has 0 aromatic heterocycles. The van der Waals surface area contributed by atoms with Crippen molar-refractivity contribution in [3.05, 3.63) is 0 Å². The smallest absolute Gasteiger partial charge is 0.219 e. The highest BCUT2D eigenvalue weighted by Crippen LogP contribution is 2.23. The van der Waals surface area contributed by atoms with E-state index < -0.39 is 0 Å². The summed E-state index contributed by atoms with van der Waals surface area (Å²) in [6.45, 7) is 0. The molecular formula is C5H6NOS+. The Kier molecular flexibility index (Phi) is 0.766. The largest absolute Gasteiger partial charge is 0.394 e. The first-order valence-corrected chi connectivity index (χ1v) is 3.69. The summed E-state index contributed by atoms with van der Waals surface area (Å²) in [5.74, 6) is 1.41. The minimum absolute atomic E-state index is 0.292. The third-order valence-electron chi connectivity index (χ3n) is 1.57. The minimum atomic E-state index is 0.292. The number of carbonyl (C=O) groups is 1. The van der Waals surface area contributed by atoms with Crippen molar-refractivity contribution in [1.82, 2.24) is 0 Å². The molecule has 0 radical (unpaired) electrons. The van der Waals surface area contributed by atoms with Gasteiger partial charge in [-0.15, -0.1) is 0 Å². The Labute approximate surface area is 51.6 Å². The average Bonchev–Trinajstić information content (AvgIpc) is 2.09. The van der Waals surface area contributed by atoms with E-state index in [4.69, 9.17) is 0 Å². The first-order chi connectivity index (χ1) is 3.88. The van der Waals surface area contributed by atoms with E-state index in [2.05, 4.69) is 0 Å². The molecule has 1 unspecified atom stereocenters. The van der Waals surface area contributed by atoms with Crippen LogP contribution in [0.25, 0.3) is 0 Å². The van der Waals surface area contributed by atoms with Crippen LogP contribution in [-0.4, -0.2) is 27.8 Å². The zero-order valence-corrected chi connectivity index (χ0v) is 5.15. The van der Waals surface area contributed by atoms with Crippen molar-refractivity contribution in [2.45, 2.75) is 12.5 Å². The molecule has 1 amide bonds. The summed E-state index contributed by atoms with van der Waals surface area (Å²) in [5, 5.41) is 0. The number of β-lactam (4-membered cyclic amide) rings is 1. The second-order valence-corrected chi connectivity index (χ2v) is 2.98. The van der Waals surface area contributed by atoms with E-state index in [9.17, 15) is 4.79 Å². The molecule has 0 saturated carbocycles. The third-order valence-corrected chi connectivity index (χ3v) is 2.52. The van der Waals surface area contributed by atoms with Gasteiger partial charge < -0.3 is 0 Å². The summed E-state index contributed by atoms with van der Waals surface area (Å²) < 4.78 is 1.82. The minimum Gasteiger partial charge on any atom is -0.219 e. The molecule has 1 atom stereocenters. The highest BCUT2D eigenvalue weighted by Gasteiger charge is 2.45. The molecule has 1 saturated heterocycles. The average molecular weight is 128 g/mol. The van der Waals surface area contributed by atoms with Crippen molar-refractivity contribution < 1.29 is 9.37 Å². The second kappa shape index (κ2) is 1.35. The Morgan fingerprint density at radius 2 is 2.75 bits per heavy atom. The Balaban J connectivity index is 2.29. The Morgan fingerprint density at radius 3 is 3.25 bits per heavy atom.